The van der Waals surface area contributed by atoms with Crippen LogP contribution in [0.25, 0.3) is 10.6 Å². The van der Waals surface area contributed by atoms with E-state index in [2.05, 4.69) is 17.1 Å². The Hall–Kier alpha value is -2.99. The first-order valence-electron chi connectivity index (χ1n) is 8.67. The van der Waals surface area contributed by atoms with Gasteiger partial charge in [-0.25, -0.2) is 4.98 Å². The molecule has 0 amide bonds. The number of Topliss-reactive ketones (excluding diaryl/α,β-unsaturated/α-hetero) is 1. The average molecular weight is 404 g/mol. The van der Waals surface area contributed by atoms with Crippen LogP contribution in [-0.4, -0.2) is 10.8 Å². The van der Waals surface area contributed by atoms with Crippen LogP contribution in [0.1, 0.15) is 26.8 Å². The van der Waals surface area contributed by atoms with Crippen LogP contribution in [0, 0.1) is 40.9 Å². The predicted molar refractivity (Wildman–Crippen MR) is 108 cm³/mol. The van der Waals surface area contributed by atoms with Crippen LogP contribution in [0.15, 0.2) is 54.6 Å². The van der Waals surface area contributed by atoms with Crippen LogP contribution in [0.4, 0.5) is 0 Å². The largest absolute Gasteiger partial charge is 0.293 e. The van der Waals surface area contributed by atoms with Crippen LogP contribution in [0.3, 0.4) is 0 Å². The van der Waals surface area contributed by atoms with E-state index >= 15 is 0 Å². The molecular formula is C22H14ClN3OS. The highest BCUT2D eigenvalue weighted by Crippen LogP contribution is 2.65. The van der Waals surface area contributed by atoms with Crippen molar-refractivity contribution in [1.29, 1.82) is 10.5 Å². The second-order valence-corrected chi connectivity index (χ2v) is 8.20. The summed E-state index contributed by atoms with van der Waals surface area (Å²) in [7, 11) is 0. The van der Waals surface area contributed by atoms with Gasteiger partial charge in [-0.2, -0.15) is 10.5 Å². The molecule has 0 aliphatic heterocycles. The van der Waals surface area contributed by atoms with E-state index in [1.165, 1.54) is 11.3 Å². The van der Waals surface area contributed by atoms with Crippen molar-refractivity contribution in [3.05, 3.63) is 75.8 Å². The van der Waals surface area contributed by atoms with Gasteiger partial charge in [-0.05, 0) is 24.6 Å². The molecule has 6 heteroatoms. The van der Waals surface area contributed by atoms with Gasteiger partial charge in [0, 0.05) is 16.5 Å². The third kappa shape index (κ3) is 2.81. The summed E-state index contributed by atoms with van der Waals surface area (Å²) < 4.78 is 0. The number of ketones is 1. The lowest BCUT2D eigenvalue weighted by Crippen LogP contribution is -2.08. The molecule has 1 aliphatic rings. The molecule has 28 heavy (non-hydrogen) atoms. The molecule has 2 atom stereocenters. The number of thiazole rings is 1. The van der Waals surface area contributed by atoms with Crippen molar-refractivity contribution in [2.24, 2.45) is 11.3 Å². The molecule has 1 fully saturated rings. The molecule has 136 valence electrons. The number of hydrogen-bond donors (Lipinski definition) is 0. The van der Waals surface area contributed by atoms with Crippen LogP contribution in [-0.2, 0) is 0 Å². The number of aromatic nitrogens is 1. The quantitative estimate of drug-likeness (QED) is 0.546. The number of nitrogens with zero attached hydrogens (tertiary/aromatic N) is 3. The Kier molecular flexibility index (Phi) is 4.51. The normalized spacial score (nSPS) is 19.4. The van der Waals surface area contributed by atoms with Gasteiger partial charge in [0.05, 0.1) is 28.6 Å². The topological polar surface area (TPSA) is 77.5 Å². The van der Waals surface area contributed by atoms with Crippen LogP contribution >= 0.6 is 22.9 Å². The molecule has 1 aromatic heterocycles. The van der Waals surface area contributed by atoms with E-state index in [1.807, 2.05) is 30.3 Å². The second kappa shape index (κ2) is 6.87. The summed E-state index contributed by atoms with van der Waals surface area (Å²) in [5.74, 6) is -1.36. The van der Waals surface area contributed by atoms with Crippen LogP contribution in [0.2, 0.25) is 5.02 Å². The zero-order chi connectivity index (χ0) is 19.9. The SMILES string of the molecule is Cc1nc(-c2ccccc2)sc1C(=O)[C@@H]1[C@H](c2ccc(Cl)cc2)C1(C#N)C#N. The average Bonchev–Trinajstić information content (AvgIpc) is 3.25. The van der Waals surface area contributed by atoms with Gasteiger partial charge >= 0.3 is 0 Å². The Morgan fingerprint density at radius 3 is 2.36 bits per heavy atom. The van der Waals surface area contributed by atoms with E-state index in [1.54, 1.807) is 31.2 Å². The monoisotopic (exact) mass is 403 g/mol. The molecular weight excluding hydrogens is 390 g/mol. The minimum atomic E-state index is -1.35. The molecule has 0 bridgehead atoms. The zero-order valence-corrected chi connectivity index (χ0v) is 16.5. The Balaban J connectivity index is 1.71. The molecule has 1 saturated carbocycles. The van der Waals surface area contributed by atoms with E-state index in [0.29, 0.717) is 15.6 Å². The summed E-state index contributed by atoms with van der Waals surface area (Å²) in [6.07, 6.45) is 0. The van der Waals surface area contributed by atoms with Crippen molar-refractivity contribution in [2.75, 3.05) is 0 Å². The predicted octanol–water partition coefficient (Wildman–Crippen LogP) is 5.40. The van der Waals surface area contributed by atoms with Crippen molar-refractivity contribution in [3.63, 3.8) is 0 Å². The van der Waals surface area contributed by atoms with Crippen molar-refractivity contribution in [2.45, 2.75) is 12.8 Å². The van der Waals surface area contributed by atoms with E-state index in [4.69, 9.17) is 11.6 Å². The summed E-state index contributed by atoms with van der Waals surface area (Å²) in [5, 5.41) is 20.7. The molecule has 2 aromatic carbocycles. The van der Waals surface area contributed by atoms with Gasteiger partial charge in [0.2, 0.25) is 0 Å². The summed E-state index contributed by atoms with van der Waals surface area (Å²) in [6, 6.07) is 20.8. The maximum absolute atomic E-state index is 13.3. The number of benzene rings is 2. The van der Waals surface area contributed by atoms with Gasteiger partial charge in [-0.3, -0.25) is 4.79 Å². The fraction of sp³-hybridized carbons (Fsp3) is 0.182. The summed E-state index contributed by atoms with van der Waals surface area (Å²) in [5.41, 5.74) is 0.983. The standard InChI is InChI=1S/C22H14ClN3OS/c1-13-20(28-21(26-13)15-5-3-2-4-6-15)19(27)18-17(22(18,11-24)12-25)14-7-9-16(23)10-8-14/h2-10,17-18H,1H3/t17-,18-/m0/s1. The fourth-order valence-corrected chi connectivity index (χ4v) is 4.82. The molecule has 0 radical (unpaired) electrons. The summed E-state index contributed by atoms with van der Waals surface area (Å²) >= 11 is 7.26. The van der Waals surface area contributed by atoms with Gasteiger partial charge in [0.1, 0.15) is 5.01 Å². The Bertz CT molecular complexity index is 1130. The van der Waals surface area contributed by atoms with Crippen LogP contribution in [0.5, 0.6) is 0 Å². The van der Waals surface area contributed by atoms with Gasteiger partial charge < -0.3 is 0 Å². The first-order valence-corrected chi connectivity index (χ1v) is 9.86. The highest BCUT2D eigenvalue weighted by atomic mass is 35.5. The van der Waals surface area contributed by atoms with Crippen molar-refractivity contribution in [3.8, 4) is 22.7 Å². The highest BCUT2D eigenvalue weighted by Gasteiger charge is 2.71. The molecule has 4 nitrogen and oxygen atoms in total. The van der Waals surface area contributed by atoms with Gasteiger partial charge in [0.15, 0.2) is 11.2 Å². The van der Waals surface area contributed by atoms with Gasteiger partial charge in [-0.1, -0.05) is 54.1 Å². The summed E-state index contributed by atoms with van der Waals surface area (Å²) in [6.45, 7) is 1.79. The van der Waals surface area contributed by atoms with Crippen molar-refractivity contribution >= 4 is 28.7 Å². The lowest BCUT2D eigenvalue weighted by atomic mass is 10.0. The fourth-order valence-electron chi connectivity index (χ4n) is 3.65. The number of carbonyl (C=O) groups is 1. The molecule has 0 N–H and O–H groups in total. The maximum Gasteiger partial charge on any atom is 0.181 e. The van der Waals surface area contributed by atoms with Gasteiger partial charge in [0.25, 0.3) is 0 Å². The molecule has 0 unspecified atom stereocenters. The Labute approximate surface area is 171 Å². The molecule has 4 rings (SSSR count). The second-order valence-electron chi connectivity index (χ2n) is 6.76. The molecule has 1 aliphatic carbocycles. The first-order chi connectivity index (χ1) is 13.5. The Morgan fingerprint density at radius 1 is 1.11 bits per heavy atom. The number of rotatable bonds is 4. The Morgan fingerprint density at radius 2 is 1.75 bits per heavy atom. The lowest BCUT2D eigenvalue weighted by molar-refractivity contribution is 0.0961. The molecule has 1 heterocycles. The number of carbonyl (C=O) groups excluding carboxylic acids is 1. The lowest BCUT2D eigenvalue weighted by Gasteiger charge is -1.99. The summed E-state index contributed by atoms with van der Waals surface area (Å²) in [4.78, 5) is 18.3. The number of hydrogen-bond acceptors (Lipinski definition) is 5. The third-order valence-corrected chi connectivity index (χ3v) is 6.60. The third-order valence-electron chi connectivity index (χ3n) is 5.13. The highest BCUT2D eigenvalue weighted by molar-refractivity contribution is 7.17. The maximum atomic E-state index is 13.3. The number of halogens is 1. The molecule has 0 spiro atoms. The minimum Gasteiger partial charge on any atom is -0.293 e. The van der Waals surface area contributed by atoms with Crippen LogP contribution < -0.4 is 0 Å². The van der Waals surface area contributed by atoms with Crippen molar-refractivity contribution in [1.82, 2.24) is 4.98 Å². The zero-order valence-electron chi connectivity index (χ0n) is 14.9. The number of aryl methyl sites for hydroxylation is 1. The van der Waals surface area contributed by atoms with E-state index in [0.717, 1.165) is 16.1 Å². The molecule has 3 aromatic rings. The van der Waals surface area contributed by atoms with E-state index in [9.17, 15) is 15.3 Å². The van der Waals surface area contributed by atoms with Gasteiger partial charge in [-0.15, -0.1) is 11.3 Å². The van der Waals surface area contributed by atoms with E-state index < -0.39 is 17.3 Å². The first kappa shape index (κ1) is 18.4. The minimum absolute atomic E-state index is 0.194. The smallest absolute Gasteiger partial charge is 0.181 e. The molecule has 0 saturated heterocycles. The van der Waals surface area contributed by atoms with Crippen molar-refractivity contribution < 1.29 is 4.79 Å². The number of nitriles is 2. The van der Waals surface area contributed by atoms with E-state index in [-0.39, 0.29) is 5.78 Å².